The number of hydrogen-bond donors (Lipinski definition) is 5. The molecule has 0 radical (unpaired) electrons. The fraction of sp³-hybridized carbons (Fsp3) is 0.465. The van der Waals surface area contributed by atoms with Gasteiger partial charge in [0.2, 0.25) is 40.9 Å². The number of benzene rings is 2. The van der Waals surface area contributed by atoms with E-state index in [1.165, 1.54) is 22.1 Å². The van der Waals surface area contributed by atoms with Gasteiger partial charge in [-0.25, -0.2) is 14.0 Å². The number of carboxylic acid groups (broad SMARTS) is 1. The molecule has 1 aromatic heterocycles. The van der Waals surface area contributed by atoms with E-state index in [1.807, 2.05) is 0 Å². The molecule has 338 valence electrons. The van der Waals surface area contributed by atoms with E-state index < -0.39 is 52.6 Å². The van der Waals surface area contributed by atoms with Crippen LogP contribution in [0.25, 0.3) is 10.9 Å². The Morgan fingerprint density at radius 2 is 1.51 bits per heavy atom. The van der Waals surface area contributed by atoms with Crippen LogP contribution in [-0.4, -0.2) is 119 Å². The Kier molecular flexibility index (Phi) is 16.3. The number of aromatic carboxylic acids is 1. The lowest BCUT2D eigenvalue weighted by atomic mass is 10.0. The smallest absolute Gasteiger partial charge is 0.410 e. The zero-order valence-electron chi connectivity index (χ0n) is 35.5. The van der Waals surface area contributed by atoms with Crippen LogP contribution in [0.4, 0.5) is 20.6 Å². The van der Waals surface area contributed by atoms with Gasteiger partial charge in [0.25, 0.3) is 0 Å². The van der Waals surface area contributed by atoms with Crippen LogP contribution in [0.1, 0.15) is 75.2 Å². The number of fused-ring (bicyclic) bond motifs is 1. The molecule has 1 unspecified atom stereocenters. The number of aromatic nitrogens is 1. The zero-order chi connectivity index (χ0) is 45.8. The molecule has 19 nitrogen and oxygen atoms in total. The van der Waals surface area contributed by atoms with E-state index in [2.05, 4.69) is 21.3 Å². The molecule has 2 aliphatic heterocycles. The van der Waals surface area contributed by atoms with Gasteiger partial charge in [0.05, 0.1) is 24.3 Å². The van der Waals surface area contributed by atoms with Crippen molar-refractivity contribution in [2.24, 2.45) is 5.92 Å². The number of halogens is 1. The number of piperazine rings is 1. The summed E-state index contributed by atoms with van der Waals surface area (Å²) >= 11 is 0. The average molecular weight is 877 g/mol. The van der Waals surface area contributed by atoms with E-state index >= 15 is 4.39 Å². The SMILES string of the molecule is CCn1cc(C(=O)O)c(=O)c2cc(F)c(N3CCN(C(=O)OCc4ccc(NC(=O)CNC(=O)C(NC(=O)CNC(=O)CCCCCN5C(=O)CCC5=O)C(C)C)cc4)CC3)cc21. The van der Waals surface area contributed by atoms with Crippen molar-refractivity contribution >= 4 is 69.8 Å². The molecule has 1 atom stereocenters. The summed E-state index contributed by atoms with van der Waals surface area (Å²) in [6, 6.07) is 8.12. The van der Waals surface area contributed by atoms with E-state index in [4.69, 9.17) is 4.74 Å². The number of likely N-dealkylation sites (tertiary alicyclic amines) is 1. The summed E-state index contributed by atoms with van der Waals surface area (Å²) < 4.78 is 22.4. The third kappa shape index (κ3) is 12.6. The van der Waals surface area contributed by atoms with Gasteiger partial charge in [-0.3, -0.25) is 38.5 Å². The summed E-state index contributed by atoms with van der Waals surface area (Å²) in [7, 11) is 0. The standard InChI is InChI=1S/C43H53FN8O11/c1-4-49-24-30(42(60)61)40(58)29-20-31(44)33(21-32(29)49)50-16-18-51(19-17-50)43(62)63-25-27-9-11-28(12-10-27)47-35(54)23-46-41(59)39(26(2)3)48-36(55)22-45-34(53)8-6-5-7-15-52-37(56)13-14-38(52)57/h9-12,20-21,24,26,39H,4-8,13-19,22-23,25H2,1-3H3,(H,45,53)(H,46,59)(H,47,54)(H,48,55)(H,60,61). The highest BCUT2D eigenvalue weighted by Gasteiger charge is 2.29. The van der Waals surface area contributed by atoms with Gasteiger partial charge in [-0.15, -0.1) is 0 Å². The molecule has 20 heteroatoms. The number of anilines is 2. The first kappa shape index (κ1) is 47.2. The first-order valence-corrected chi connectivity index (χ1v) is 20.9. The summed E-state index contributed by atoms with van der Waals surface area (Å²) in [6.45, 7) is 6.14. The van der Waals surface area contributed by atoms with Crippen LogP contribution in [-0.2, 0) is 46.7 Å². The molecule has 2 fully saturated rings. The van der Waals surface area contributed by atoms with Crippen LogP contribution in [0, 0.1) is 11.7 Å². The molecular weight excluding hydrogens is 824 g/mol. The van der Waals surface area contributed by atoms with Gasteiger partial charge in [0.15, 0.2) is 0 Å². The second-order valence-corrected chi connectivity index (χ2v) is 15.6. The normalized spacial score (nSPS) is 14.5. The van der Waals surface area contributed by atoms with Crippen molar-refractivity contribution in [2.75, 3.05) is 56.0 Å². The molecule has 63 heavy (non-hydrogen) atoms. The maximum absolute atomic E-state index is 15.3. The zero-order valence-corrected chi connectivity index (χ0v) is 35.5. The molecule has 0 spiro atoms. The van der Waals surface area contributed by atoms with Crippen LogP contribution >= 0.6 is 0 Å². The highest BCUT2D eigenvalue weighted by molar-refractivity contribution is 6.02. The van der Waals surface area contributed by atoms with Crippen LogP contribution < -0.4 is 31.6 Å². The highest BCUT2D eigenvalue weighted by Crippen LogP contribution is 2.27. The Morgan fingerprint density at radius 3 is 2.14 bits per heavy atom. The number of nitrogens with one attached hydrogen (secondary N) is 4. The van der Waals surface area contributed by atoms with Crippen molar-refractivity contribution in [3.8, 4) is 0 Å². The number of nitrogens with zero attached hydrogens (tertiary/aromatic N) is 4. The maximum Gasteiger partial charge on any atom is 0.410 e. The predicted molar refractivity (Wildman–Crippen MR) is 227 cm³/mol. The van der Waals surface area contributed by atoms with Crippen LogP contribution in [0.3, 0.4) is 0 Å². The lowest BCUT2D eigenvalue weighted by molar-refractivity contribution is -0.138. The molecule has 3 aromatic rings. The Hall–Kier alpha value is -6.86. The van der Waals surface area contributed by atoms with E-state index in [-0.39, 0.29) is 99.9 Å². The maximum atomic E-state index is 15.3. The fourth-order valence-electron chi connectivity index (χ4n) is 7.22. The third-order valence-electron chi connectivity index (χ3n) is 10.8. The highest BCUT2D eigenvalue weighted by atomic mass is 19.1. The van der Waals surface area contributed by atoms with Crippen molar-refractivity contribution < 1.29 is 52.6 Å². The number of ether oxygens (including phenoxy) is 1. The minimum atomic E-state index is -1.39. The second-order valence-electron chi connectivity index (χ2n) is 15.6. The van der Waals surface area contributed by atoms with Gasteiger partial charge in [-0.2, -0.15) is 0 Å². The van der Waals surface area contributed by atoms with Crippen LogP contribution in [0.5, 0.6) is 0 Å². The largest absolute Gasteiger partial charge is 0.477 e. The van der Waals surface area contributed by atoms with E-state index in [0.29, 0.717) is 49.1 Å². The number of unbranched alkanes of at least 4 members (excludes halogenated alkanes) is 2. The van der Waals surface area contributed by atoms with Crippen molar-refractivity contribution in [1.29, 1.82) is 0 Å². The molecule has 2 aromatic carbocycles. The number of aryl methyl sites for hydroxylation is 1. The van der Waals surface area contributed by atoms with Gasteiger partial charge in [-0.1, -0.05) is 32.4 Å². The number of carbonyl (C=O) groups is 8. The molecule has 0 bridgehead atoms. The Labute approximate surface area is 362 Å². The molecule has 0 saturated carbocycles. The number of hydrogen-bond acceptors (Lipinski definition) is 11. The van der Waals surface area contributed by atoms with E-state index in [9.17, 15) is 48.3 Å². The Balaban J connectivity index is 0.988. The number of rotatable bonds is 19. The molecule has 2 saturated heterocycles. The fourth-order valence-corrected chi connectivity index (χ4v) is 7.22. The summed E-state index contributed by atoms with van der Waals surface area (Å²) in [6.07, 6.45) is 3.03. The molecule has 3 heterocycles. The van der Waals surface area contributed by atoms with E-state index in [0.717, 1.165) is 6.07 Å². The van der Waals surface area contributed by atoms with Crippen molar-refractivity contribution in [2.45, 2.75) is 78.5 Å². The number of amides is 7. The van der Waals surface area contributed by atoms with Crippen molar-refractivity contribution in [1.82, 2.24) is 30.3 Å². The average Bonchev–Trinajstić information content (AvgIpc) is 3.58. The van der Waals surface area contributed by atoms with E-state index in [1.54, 1.807) is 54.5 Å². The van der Waals surface area contributed by atoms with Crippen LogP contribution in [0.2, 0.25) is 0 Å². The summed E-state index contributed by atoms with van der Waals surface area (Å²) in [4.78, 5) is 115. The second kappa shape index (κ2) is 21.8. The number of carbonyl (C=O) groups excluding carboxylic acids is 7. The number of pyridine rings is 1. The molecule has 5 N–H and O–H groups in total. The minimum Gasteiger partial charge on any atom is -0.477 e. The monoisotopic (exact) mass is 876 g/mol. The summed E-state index contributed by atoms with van der Waals surface area (Å²) in [5, 5.41) is 19.7. The topological polar surface area (TPSA) is 246 Å². The molecular formula is C43H53FN8O11. The molecule has 0 aliphatic carbocycles. The minimum absolute atomic E-state index is 0.0307. The first-order chi connectivity index (χ1) is 30.1. The molecule has 7 amide bonds. The number of carboxylic acids is 1. The Bertz CT molecular complexity index is 2270. The van der Waals surface area contributed by atoms with Gasteiger partial charge in [-0.05, 0) is 55.5 Å². The quantitative estimate of drug-likeness (QED) is 0.0861. The summed E-state index contributed by atoms with van der Waals surface area (Å²) in [5.74, 6) is -4.81. The lowest BCUT2D eigenvalue weighted by Gasteiger charge is -2.35. The first-order valence-electron chi connectivity index (χ1n) is 20.9. The number of imide groups is 1. The summed E-state index contributed by atoms with van der Waals surface area (Å²) in [5.41, 5.74) is 0.480. The van der Waals surface area contributed by atoms with Crippen molar-refractivity contribution in [3.63, 3.8) is 0 Å². The predicted octanol–water partition coefficient (Wildman–Crippen LogP) is 2.34. The van der Waals surface area contributed by atoms with Crippen LogP contribution in [0.15, 0.2) is 47.4 Å². The molecule has 2 aliphatic rings. The van der Waals surface area contributed by atoms with Crippen molar-refractivity contribution in [3.05, 3.63) is 69.8 Å². The van der Waals surface area contributed by atoms with Gasteiger partial charge in [0, 0.05) is 75.8 Å². The third-order valence-corrected chi connectivity index (χ3v) is 10.8. The van der Waals surface area contributed by atoms with Gasteiger partial charge >= 0.3 is 12.1 Å². The van der Waals surface area contributed by atoms with Gasteiger partial charge < -0.3 is 45.5 Å². The lowest BCUT2D eigenvalue weighted by Crippen LogP contribution is -2.52. The van der Waals surface area contributed by atoms with Gasteiger partial charge in [0.1, 0.15) is 24.0 Å². The molecule has 5 rings (SSSR count). The Morgan fingerprint density at radius 1 is 0.841 bits per heavy atom.